The minimum absolute atomic E-state index is 0.00991. The Morgan fingerprint density at radius 3 is 2.38 bits per heavy atom. The highest BCUT2D eigenvalue weighted by molar-refractivity contribution is 5.95. The molecular weight excluding hydrogens is 421 g/mol. The van der Waals surface area contributed by atoms with E-state index in [1.165, 1.54) is 6.07 Å². The van der Waals surface area contributed by atoms with Gasteiger partial charge in [0.15, 0.2) is 17.5 Å². The molecule has 2 rings (SSSR count). The Kier molecular flexibility index (Phi) is 9.23. The Morgan fingerprint density at radius 2 is 1.81 bits per heavy atom. The molecule has 0 radical (unpaired) electrons. The van der Waals surface area contributed by atoms with Gasteiger partial charge in [-0.2, -0.15) is 0 Å². The molecule has 0 aliphatic carbocycles. The highest BCUT2D eigenvalue weighted by Crippen LogP contribution is 2.35. The van der Waals surface area contributed by atoms with Gasteiger partial charge in [-0.15, -0.1) is 0 Å². The van der Waals surface area contributed by atoms with Gasteiger partial charge in [-0.3, -0.25) is 16.1 Å². The number of aliphatic hydroxyl groups is 1. The molecule has 0 spiro atoms. The normalized spacial score (nSPS) is 11.6. The number of carbonyl (C=O) groups excluding carboxylic acids is 1. The summed E-state index contributed by atoms with van der Waals surface area (Å²) < 4.78 is 31.3. The van der Waals surface area contributed by atoms with Crippen LogP contribution in [0.2, 0.25) is 0 Å². The average molecular weight is 449 g/mol. The third-order valence-electron chi connectivity index (χ3n) is 4.21. The van der Waals surface area contributed by atoms with E-state index in [4.69, 9.17) is 29.9 Å². The van der Waals surface area contributed by atoms with Gasteiger partial charge in [-0.05, 0) is 51.1 Å². The fourth-order valence-corrected chi connectivity index (χ4v) is 2.84. The highest BCUT2D eigenvalue weighted by atomic mass is 19.1. The molecule has 0 fully saturated rings. The van der Waals surface area contributed by atoms with Gasteiger partial charge in [0.05, 0.1) is 19.3 Å². The monoisotopic (exact) mass is 449 g/mol. The van der Waals surface area contributed by atoms with Crippen molar-refractivity contribution >= 4 is 17.5 Å². The van der Waals surface area contributed by atoms with Crippen LogP contribution in [0, 0.1) is 11.2 Å². The van der Waals surface area contributed by atoms with Crippen LogP contribution in [0.3, 0.4) is 0 Å². The summed E-state index contributed by atoms with van der Waals surface area (Å²) in [6.45, 7) is 5.11. The summed E-state index contributed by atoms with van der Waals surface area (Å²) in [6, 6.07) is 7.52. The van der Waals surface area contributed by atoms with Gasteiger partial charge in [-0.1, -0.05) is 0 Å². The summed E-state index contributed by atoms with van der Waals surface area (Å²) in [5.41, 5.74) is 2.61. The first-order valence-corrected chi connectivity index (χ1v) is 10.1. The maximum absolute atomic E-state index is 15.1. The number of carbonyl (C=O) groups is 1. The number of hydrogen-bond acceptors (Lipinski definition) is 8. The first-order valence-electron chi connectivity index (χ1n) is 10.1. The second-order valence-electron chi connectivity index (χ2n) is 6.95. The lowest BCUT2D eigenvalue weighted by molar-refractivity contribution is -0.148. The standard InChI is InChI=1S/C22H28FN3O6/c1-4-30-18-11-16(17(23)12-19(18)31-10-9-27)20(22(28)32-13(2)3)25-15-7-5-14(6-8-15)21(24)26-29/h5-8,11-13,20,25,27,29H,4,9-10H2,1-3H3,(H2,24,26). The molecule has 174 valence electrons. The molecule has 0 saturated heterocycles. The smallest absolute Gasteiger partial charge is 0.333 e. The van der Waals surface area contributed by atoms with Crippen LogP contribution in [0.5, 0.6) is 11.5 Å². The quantitative estimate of drug-likeness (QED) is 0.153. The molecule has 0 aliphatic rings. The predicted octanol–water partition coefficient (Wildman–Crippen LogP) is 3.00. The Labute approximate surface area is 185 Å². The lowest BCUT2D eigenvalue weighted by atomic mass is 10.0. The summed E-state index contributed by atoms with van der Waals surface area (Å²) >= 11 is 0. The van der Waals surface area contributed by atoms with Crippen molar-refractivity contribution in [3.05, 3.63) is 53.3 Å². The summed E-state index contributed by atoms with van der Waals surface area (Å²) in [7, 11) is 0. The van der Waals surface area contributed by atoms with E-state index < -0.39 is 23.9 Å². The van der Waals surface area contributed by atoms with E-state index in [0.717, 1.165) is 6.07 Å². The van der Waals surface area contributed by atoms with Crippen LogP contribution in [0.25, 0.3) is 0 Å². The molecule has 1 unspecified atom stereocenters. The number of hydroxylamine groups is 1. The number of amidine groups is 1. The average Bonchev–Trinajstić information content (AvgIpc) is 2.77. The molecule has 9 nitrogen and oxygen atoms in total. The zero-order valence-electron chi connectivity index (χ0n) is 18.1. The Balaban J connectivity index is 2.44. The van der Waals surface area contributed by atoms with Gasteiger partial charge in [0, 0.05) is 22.9 Å². The third-order valence-corrected chi connectivity index (χ3v) is 4.21. The maximum Gasteiger partial charge on any atom is 0.333 e. The number of nitrogens with one attached hydrogen (secondary N) is 3. The fraction of sp³-hybridized carbons (Fsp3) is 0.364. The van der Waals surface area contributed by atoms with E-state index in [0.29, 0.717) is 11.3 Å². The van der Waals surface area contributed by atoms with Crippen molar-refractivity contribution in [2.24, 2.45) is 0 Å². The van der Waals surface area contributed by atoms with Crippen LogP contribution in [-0.4, -0.2) is 48.0 Å². The van der Waals surface area contributed by atoms with Crippen LogP contribution in [0.15, 0.2) is 36.4 Å². The molecule has 0 amide bonds. The van der Waals surface area contributed by atoms with E-state index in [1.807, 2.05) is 0 Å². The first-order chi connectivity index (χ1) is 15.3. The zero-order chi connectivity index (χ0) is 23.7. The Hall–Kier alpha value is -3.37. The lowest BCUT2D eigenvalue weighted by Crippen LogP contribution is -2.27. The van der Waals surface area contributed by atoms with Gasteiger partial charge in [-0.25, -0.2) is 9.18 Å². The highest BCUT2D eigenvalue weighted by Gasteiger charge is 2.28. The molecule has 2 aromatic carbocycles. The number of halogens is 1. The Morgan fingerprint density at radius 1 is 1.16 bits per heavy atom. The number of ether oxygens (including phenoxy) is 3. The number of hydrogen-bond donors (Lipinski definition) is 5. The maximum atomic E-state index is 15.1. The van der Waals surface area contributed by atoms with E-state index in [2.05, 4.69) is 5.32 Å². The molecule has 0 saturated carbocycles. The topological polar surface area (TPSA) is 133 Å². The largest absolute Gasteiger partial charge is 0.490 e. The van der Waals surface area contributed by atoms with Crippen molar-refractivity contribution in [2.75, 3.05) is 25.1 Å². The molecule has 0 aromatic heterocycles. The van der Waals surface area contributed by atoms with Gasteiger partial charge < -0.3 is 24.6 Å². The molecule has 0 bridgehead atoms. The zero-order valence-corrected chi connectivity index (χ0v) is 18.1. The van der Waals surface area contributed by atoms with Crippen molar-refractivity contribution in [1.82, 2.24) is 5.48 Å². The molecule has 1 atom stereocenters. The molecular formula is C22H28FN3O6. The van der Waals surface area contributed by atoms with Gasteiger partial charge in [0.25, 0.3) is 0 Å². The minimum atomic E-state index is -1.20. The second kappa shape index (κ2) is 11.9. The SMILES string of the molecule is CCOc1cc(C(Nc2ccc(C(=N)NO)cc2)C(=O)OC(C)C)c(F)cc1OCCO. The van der Waals surface area contributed by atoms with E-state index in [9.17, 15) is 4.79 Å². The van der Waals surface area contributed by atoms with E-state index in [1.54, 1.807) is 50.5 Å². The van der Waals surface area contributed by atoms with Crippen molar-refractivity contribution < 1.29 is 33.7 Å². The van der Waals surface area contributed by atoms with Gasteiger partial charge in [0.1, 0.15) is 18.3 Å². The van der Waals surface area contributed by atoms with Crippen LogP contribution in [0.1, 0.15) is 37.9 Å². The molecule has 5 N–H and O–H groups in total. The molecule has 2 aromatic rings. The summed E-state index contributed by atoms with van der Waals surface area (Å²) in [5.74, 6) is -1.28. The van der Waals surface area contributed by atoms with Crippen molar-refractivity contribution in [2.45, 2.75) is 32.9 Å². The van der Waals surface area contributed by atoms with Gasteiger partial charge >= 0.3 is 5.97 Å². The number of benzene rings is 2. The molecule has 10 heteroatoms. The lowest BCUT2D eigenvalue weighted by Gasteiger charge is -2.22. The number of aliphatic hydroxyl groups excluding tert-OH is 1. The van der Waals surface area contributed by atoms with Crippen molar-refractivity contribution in [1.29, 1.82) is 5.41 Å². The molecule has 0 aliphatic heterocycles. The summed E-state index contributed by atoms with van der Waals surface area (Å²) in [6.07, 6.45) is -0.424. The number of anilines is 1. The van der Waals surface area contributed by atoms with Crippen molar-refractivity contribution in [3.63, 3.8) is 0 Å². The summed E-state index contributed by atoms with van der Waals surface area (Å²) in [4.78, 5) is 12.8. The fourth-order valence-electron chi connectivity index (χ4n) is 2.84. The molecule has 0 heterocycles. The molecule has 32 heavy (non-hydrogen) atoms. The van der Waals surface area contributed by atoms with Crippen LogP contribution >= 0.6 is 0 Å². The van der Waals surface area contributed by atoms with Crippen molar-refractivity contribution in [3.8, 4) is 11.5 Å². The minimum Gasteiger partial charge on any atom is -0.490 e. The Bertz CT molecular complexity index is 921. The first kappa shape index (κ1) is 24.9. The number of esters is 1. The summed E-state index contributed by atoms with van der Waals surface area (Å²) in [5, 5.41) is 28.4. The van der Waals surface area contributed by atoms with Gasteiger partial charge in [0.2, 0.25) is 0 Å². The predicted molar refractivity (Wildman–Crippen MR) is 116 cm³/mol. The van der Waals surface area contributed by atoms with E-state index >= 15 is 4.39 Å². The third kappa shape index (κ3) is 6.56. The number of rotatable bonds is 11. The second-order valence-corrected chi connectivity index (χ2v) is 6.95. The van der Waals surface area contributed by atoms with Crippen LogP contribution in [0.4, 0.5) is 10.1 Å². The van der Waals surface area contributed by atoms with E-state index in [-0.39, 0.29) is 42.7 Å². The van der Waals surface area contributed by atoms with Crippen LogP contribution < -0.4 is 20.3 Å². The van der Waals surface area contributed by atoms with Crippen LogP contribution in [-0.2, 0) is 9.53 Å².